The first-order valence-corrected chi connectivity index (χ1v) is 15.9. The van der Waals surface area contributed by atoms with Gasteiger partial charge < -0.3 is 0 Å². The van der Waals surface area contributed by atoms with Gasteiger partial charge in [0, 0.05) is 0 Å². The van der Waals surface area contributed by atoms with Crippen LogP contribution in [0.5, 0.6) is 0 Å². The summed E-state index contributed by atoms with van der Waals surface area (Å²) in [5.41, 5.74) is 7.41. The van der Waals surface area contributed by atoms with Gasteiger partial charge in [-0.1, -0.05) is 36.4 Å². The van der Waals surface area contributed by atoms with Crippen LogP contribution in [-0.2, 0) is 0 Å². The van der Waals surface area contributed by atoms with Crippen LogP contribution >= 0.6 is 0 Å². The molecule has 8 aromatic rings. The molecule has 4 nitrogen and oxygen atoms in total. The third-order valence-corrected chi connectivity index (χ3v) is 9.80. The quantitative estimate of drug-likeness (QED) is 0.181. The van der Waals surface area contributed by atoms with Crippen molar-refractivity contribution >= 4 is 35.1 Å². The van der Waals surface area contributed by atoms with E-state index in [1.54, 1.807) is 0 Å². The number of fused-ring (bicyclic) bond motifs is 3. The van der Waals surface area contributed by atoms with Crippen molar-refractivity contribution in [3.05, 3.63) is 146 Å². The number of benzene rings is 6. The molecule has 0 N–H and O–H groups in total. The van der Waals surface area contributed by atoms with Crippen LogP contribution in [0.1, 0.15) is 0 Å². The normalized spacial score (nSPS) is 11.3. The van der Waals surface area contributed by atoms with Gasteiger partial charge in [-0.05, 0) is 0 Å². The molecule has 0 aliphatic carbocycles. The molecular formula is C38H24N4Se. The van der Waals surface area contributed by atoms with Crippen LogP contribution in [0.25, 0.3) is 76.0 Å². The Morgan fingerprint density at radius 1 is 0.395 bits per heavy atom. The van der Waals surface area contributed by atoms with E-state index < -0.39 is 0 Å². The second-order valence-electron chi connectivity index (χ2n) is 10.3. The fourth-order valence-electron chi connectivity index (χ4n) is 5.47. The van der Waals surface area contributed by atoms with E-state index in [2.05, 4.69) is 84.9 Å². The predicted molar refractivity (Wildman–Crippen MR) is 177 cm³/mol. The minimum absolute atomic E-state index is 0.159. The Kier molecular flexibility index (Phi) is 6.45. The first-order chi connectivity index (χ1) is 21.3. The zero-order valence-corrected chi connectivity index (χ0v) is 24.8. The van der Waals surface area contributed by atoms with E-state index in [-0.39, 0.29) is 14.5 Å². The summed E-state index contributed by atoms with van der Waals surface area (Å²) in [6, 6.07) is 50.2. The zero-order valence-electron chi connectivity index (χ0n) is 23.1. The van der Waals surface area contributed by atoms with E-state index >= 15 is 0 Å². The molecule has 0 fully saturated rings. The Labute approximate surface area is 255 Å². The maximum absolute atomic E-state index is 5.22. The molecule has 0 saturated carbocycles. The minimum Gasteiger partial charge on any atom is -0.0615 e. The van der Waals surface area contributed by atoms with Crippen molar-refractivity contribution in [1.29, 1.82) is 0 Å². The number of aromatic nitrogens is 4. The SMILES string of the molecule is c1ccc(-c2nc(-c3ccccc3)nc(-c3cccc(-c4cccc5ccc6[se]c(-c7ccccc7)nc6c45)c3)n2)cc1. The number of hydrogen-bond acceptors (Lipinski definition) is 4. The maximum atomic E-state index is 5.22. The third kappa shape index (κ3) is 4.85. The van der Waals surface area contributed by atoms with E-state index in [0.717, 1.165) is 33.3 Å². The Hall–Kier alpha value is -5.22. The molecule has 0 bridgehead atoms. The summed E-state index contributed by atoms with van der Waals surface area (Å²) in [6.07, 6.45) is 0. The molecule has 2 aromatic heterocycles. The monoisotopic (exact) mass is 616 g/mol. The van der Waals surface area contributed by atoms with Crippen molar-refractivity contribution in [1.82, 2.24) is 19.9 Å². The van der Waals surface area contributed by atoms with Gasteiger partial charge in [0.1, 0.15) is 0 Å². The molecule has 0 saturated heterocycles. The average molecular weight is 616 g/mol. The Morgan fingerprint density at radius 3 is 1.58 bits per heavy atom. The van der Waals surface area contributed by atoms with Gasteiger partial charge in [0.15, 0.2) is 0 Å². The first kappa shape index (κ1) is 25.5. The van der Waals surface area contributed by atoms with Gasteiger partial charge in [-0.2, -0.15) is 0 Å². The number of rotatable bonds is 5. The van der Waals surface area contributed by atoms with E-state index in [0.29, 0.717) is 17.5 Å². The summed E-state index contributed by atoms with van der Waals surface area (Å²) in [6.45, 7) is 0. The van der Waals surface area contributed by atoms with Gasteiger partial charge in [-0.3, -0.25) is 0 Å². The molecule has 0 spiro atoms. The molecule has 0 amide bonds. The molecule has 8 rings (SSSR count). The summed E-state index contributed by atoms with van der Waals surface area (Å²) in [4.78, 5) is 20.0. The van der Waals surface area contributed by atoms with Gasteiger partial charge in [0.25, 0.3) is 0 Å². The molecule has 6 aromatic carbocycles. The van der Waals surface area contributed by atoms with Gasteiger partial charge in [0.05, 0.1) is 0 Å². The topological polar surface area (TPSA) is 51.6 Å². The molecular weight excluding hydrogens is 591 g/mol. The first-order valence-electron chi connectivity index (χ1n) is 14.2. The average Bonchev–Trinajstić information content (AvgIpc) is 3.54. The molecule has 0 unspecified atom stereocenters. The summed E-state index contributed by atoms with van der Waals surface area (Å²) >= 11 is 0.159. The standard InChI is InChI=1S/C38H24N4Se/c1-4-12-26(13-5-1)35-40-36(27-14-6-2-7-15-27)42-37(41-35)30-20-10-19-29(24-30)31-21-11-18-25-22-23-32-34(33(25)31)39-38(43-32)28-16-8-3-9-17-28/h1-24H. The van der Waals surface area contributed by atoms with Crippen molar-refractivity contribution in [2.45, 2.75) is 0 Å². The molecule has 5 heteroatoms. The second kappa shape index (κ2) is 10.9. The zero-order chi connectivity index (χ0) is 28.6. The fraction of sp³-hybridized carbons (Fsp3) is 0. The molecule has 0 radical (unpaired) electrons. The van der Waals surface area contributed by atoms with Gasteiger partial charge >= 0.3 is 220 Å². The smallest absolute Gasteiger partial charge is 0.0615 e. The second-order valence-corrected chi connectivity index (χ2v) is 12.5. The van der Waals surface area contributed by atoms with Crippen LogP contribution in [0.4, 0.5) is 0 Å². The van der Waals surface area contributed by atoms with E-state index in [1.165, 1.54) is 25.2 Å². The molecule has 2 heterocycles. The van der Waals surface area contributed by atoms with Gasteiger partial charge in [0.2, 0.25) is 0 Å². The van der Waals surface area contributed by atoms with Gasteiger partial charge in [-0.15, -0.1) is 0 Å². The summed E-state index contributed by atoms with van der Waals surface area (Å²) in [7, 11) is 0. The number of nitrogens with zero attached hydrogens (tertiary/aromatic N) is 4. The van der Waals surface area contributed by atoms with Crippen LogP contribution in [0.3, 0.4) is 0 Å². The van der Waals surface area contributed by atoms with Crippen LogP contribution in [0, 0.1) is 0 Å². The Bertz CT molecular complexity index is 2170. The molecule has 202 valence electrons. The van der Waals surface area contributed by atoms with Gasteiger partial charge in [-0.25, -0.2) is 0 Å². The molecule has 0 aliphatic rings. The Balaban J connectivity index is 1.29. The fourth-order valence-corrected chi connectivity index (χ4v) is 7.53. The van der Waals surface area contributed by atoms with Crippen molar-refractivity contribution < 1.29 is 0 Å². The van der Waals surface area contributed by atoms with E-state index in [9.17, 15) is 0 Å². The van der Waals surface area contributed by atoms with E-state index in [1.807, 2.05) is 60.7 Å². The summed E-state index contributed by atoms with van der Waals surface area (Å²) in [5.74, 6) is 1.96. The van der Waals surface area contributed by atoms with Crippen LogP contribution in [0.2, 0.25) is 0 Å². The predicted octanol–water partition coefficient (Wildman–Crippen LogP) is 8.96. The van der Waals surface area contributed by atoms with Crippen LogP contribution in [-0.4, -0.2) is 34.4 Å². The summed E-state index contributed by atoms with van der Waals surface area (Å²) < 4.78 is 2.49. The minimum atomic E-state index is 0.159. The number of hydrogen-bond donors (Lipinski definition) is 0. The van der Waals surface area contributed by atoms with Crippen molar-refractivity contribution in [3.63, 3.8) is 0 Å². The third-order valence-electron chi connectivity index (χ3n) is 7.55. The Morgan fingerprint density at radius 2 is 0.930 bits per heavy atom. The molecule has 0 atom stereocenters. The van der Waals surface area contributed by atoms with E-state index in [4.69, 9.17) is 19.9 Å². The van der Waals surface area contributed by atoms with Crippen LogP contribution < -0.4 is 0 Å². The van der Waals surface area contributed by atoms with Crippen molar-refractivity contribution in [3.8, 4) is 55.4 Å². The van der Waals surface area contributed by atoms with Crippen molar-refractivity contribution in [2.75, 3.05) is 0 Å². The molecule has 43 heavy (non-hydrogen) atoms. The molecule has 0 aliphatic heterocycles. The van der Waals surface area contributed by atoms with Crippen molar-refractivity contribution in [2.24, 2.45) is 0 Å². The summed E-state index contributed by atoms with van der Waals surface area (Å²) in [5, 5.41) is 2.38. The van der Waals surface area contributed by atoms with Crippen LogP contribution in [0.15, 0.2) is 146 Å².